The van der Waals surface area contributed by atoms with Crippen LogP contribution in [0.4, 0.5) is 4.39 Å². The van der Waals surface area contributed by atoms with Gasteiger partial charge >= 0.3 is 0 Å². The van der Waals surface area contributed by atoms with Crippen LogP contribution in [0.15, 0.2) is 40.7 Å². The Kier molecular flexibility index (Phi) is 6.76. The summed E-state index contributed by atoms with van der Waals surface area (Å²) in [5.74, 6) is 0.716. The third kappa shape index (κ3) is 5.36. The molecule has 0 aliphatic rings. The van der Waals surface area contributed by atoms with Crippen LogP contribution in [0.2, 0.25) is 0 Å². The molecule has 2 rings (SSSR count). The number of nitrogens with one attached hydrogen (secondary N) is 2. The molecule has 0 spiro atoms. The molecule has 0 radical (unpaired) electrons. The number of hydrogen-bond donors (Lipinski definition) is 2. The molecule has 0 amide bonds. The summed E-state index contributed by atoms with van der Waals surface area (Å²) < 4.78 is 13.9. The SMILES string of the molecule is CN=C(NCc1ccc(C#N)cc1F)NCC(C)Cc1cccs1. The van der Waals surface area contributed by atoms with Crippen molar-refractivity contribution >= 4 is 17.3 Å². The third-order valence-electron chi connectivity index (χ3n) is 3.60. The second-order valence-corrected chi connectivity index (χ2v) is 6.65. The van der Waals surface area contributed by atoms with Gasteiger partial charge in [0.25, 0.3) is 0 Å². The van der Waals surface area contributed by atoms with E-state index in [1.54, 1.807) is 30.5 Å². The zero-order chi connectivity index (χ0) is 17.4. The fraction of sp³-hybridized carbons (Fsp3) is 0.333. The molecule has 1 heterocycles. The maximum absolute atomic E-state index is 13.9. The highest BCUT2D eigenvalue weighted by Gasteiger charge is 2.08. The average Bonchev–Trinajstić information content (AvgIpc) is 3.08. The topological polar surface area (TPSA) is 60.2 Å². The van der Waals surface area contributed by atoms with Crippen molar-refractivity contribution in [2.75, 3.05) is 13.6 Å². The van der Waals surface area contributed by atoms with E-state index < -0.39 is 0 Å². The van der Waals surface area contributed by atoms with E-state index in [0.717, 1.165) is 13.0 Å². The number of nitrogens with zero attached hydrogens (tertiary/aromatic N) is 2. The van der Waals surface area contributed by atoms with Crippen LogP contribution in [0.3, 0.4) is 0 Å². The molecule has 1 atom stereocenters. The second-order valence-electron chi connectivity index (χ2n) is 5.61. The molecule has 4 nitrogen and oxygen atoms in total. The Labute approximate surface area is 146 Å². The molecule has 1 aromatic carbocycles. The first-order chi connectivity index (χ1) is 11.6. The second kappa shape index (κ2) is 9.04. The minimum atomic E-state index is -0.386. The van der Waals surface area contributed by atoms with Crippen LogP contribution >= 0.6 is 11.3 Å². The minimum Gasteiger partial charge on any atom is -0.356 e. The van der Waals surface area contributed by atoms with Gasteiger partial charge in [0.15, 0.2) is 5.96 Å². The van der Waals surface area contributed by atoms with Crippen LogP contribution in [0, 0.1) is 23.1 Å². The van der Waals surface area contributed by atoms with Gasteiger partial charge in [0.2, 0.25) is 0 Å². The Morgan fingerprint density at radius 3 is 2.83 bits per heavy atom. The molecular formula is C18H21FN4S. The first-order valence-electron chi connectivity index (χ1n) is 7.77. The van der Waals surface area contributed by atoms with E-state index in [1.807, 2.05) is 6.07 Å². The molecule has 0 saturated heterocycles. The number of aliphatic imine (C=N–C) groups is 1. The van der Waals surface area contributed by atoms with Gasteiger partial charge in [-0.05, 0) is 35.9 Å². The van der Waals surface area contributed by atoms with E-state index >= 15 is 0 Å². The molecule has 0 bridgehead atoms. The number of thiophene rings is 1. The van der Waals surface area contributed by atoms with E-state index in [-0.39, 0.29) is 5.82 Å². The van der Waals surface area contributed by atoms with Crippen molar-refractivity contribution < 1.29 is 4.39 Å². The fourth-order valence-electron chi connectivity index (χ4n) is 2.28. The predicted molar refractivity (Wildman–Crippen MR) is 96.5 cm³/mol. The van der Waals surface area contributed by atoms with Crippen LogP contribution in [0.5, 0.6) is 0 Å². The summed E-state index contributed by atoms with van der Waals surface area (Å²) in [6.45, 7) is 3.28. The quantitative estimate of drug-likeness (QED) is 0.624. The first-order valence-corrected chi connectivity index (χ1v) is 8.65. The highest BCUT2D eigenvalue weighted by atomic mass is 32.1. The van der Waals surface area contributed by atoms with Crippen LogP contribution in [0.25, 0.3) is 0 Å². The Morgan fingerprint density at radius 2 is 2.21 bits per heavy atom. The molecule has 24 heavy (non-hydrogen) atoms. The van der Waals surface area contributed by atoms with Crippen molar-refractivity contribution in [1.82, 2.24) is 10.6 Å². The lowest BCUT2D eigenvalue weighted by Crippen LogP contribution is -2.39. The van der Waals surface area contributed by atoms with Gasteiger partial charge < -0.3 is 10.6 Å². The summed E-state index contributed by atoms with van der Waals surface area (Å²) in [5.41, 5.74) is 0.824. The van der Waals surface area contributed by atoms with Gasteiger partial charge in [-0.2, -0.15) is 5.26 Å². The highest BCUT2D eigenvalue weighted by Crippen LogP contribution is 2.14. The van der Waals surface area contributed by atoms with Crippen molar-refractivity contribution in [3.05, 3.63) is 57.5 Å². The molecule has 2 N–H and O–H groups in total. The normalized spacial score (nSPS) is 12.5. The molecule has 126 valence electrons. The largest absolute Gasteiger partial charge is 0.356 e. The maximum Gasteiger partial charge on any atom is 0.191 e. The van der Waals surface area contributed by atoms with Gasteiger partial charge in [-0.25, -0.2) is 4.39 Å². The molecule has 0 fully saturated rings. The molecule has 1 unspecified atom stereocenters. The maximum atomic E-state index is 13.9. The summed E-state index contributed by atoms with van der Waals surface area (Å²) in [4.78, 5) is 5.53. The molecule has 0 aliphatic carbocycles. The summed E-state index contributed by atoms with van der Waals surface area (Å²) in [6.07, 6.45) is 1.02. The van der Waals surface area contributed by atoms with Gasteiger partial charge in [0.1, 0.15) is 5.82 Å². The lowest BCUT2D eigenvalue weighted by Gasteiger charge is -2.16. The van der Waals surface area contributed by atoms with E-state index in [0.29, 0.717) is 29.5 Å². The van der Waals surface area contributed by atoms with Crippen LogP contribution in [-0.4, -0.2) is 19.6 Å². The lowest BCUT2D eigenvalue weighted by molar-refractivity contribution is 0.560. The van der Waals surface area contributed by atoms with E-state index in [1.165, 1.54) is 10.9 Å². The van der Waals surface area contributed by atoms with Gasteiger partial charge in [-0.15, -0.1) is 11.3 Å². The third-order valence-corrected chi connectivity index (χ3v) is 4.50. The average molecular weight is 344 g/mol. The zero-order valence-electron chi connectivity index (χ0n) is 13.8. The minimum absolute atomic E-state index is 0.316. The number of benzene rings is 1. The number of nitriles is 1. The number of guanidine groups is 1. The number of hydrogen-bond acceptors (Lipinski definition) is 3. The lowest BCUT2D eigenvalue weighted by atomic mass is 10.1. The van der Waals surface area contributed by atoms with Gasteiger partial charge in [-0.3, -0.25) is 4.99 Å². The summed E-state index contributed by atoms with van der Waals surface area (Å²) in [5, 5.41) is 17.2. The van der Waals surface area contributed by atoms with Crippen LogP contribution in [-0.2, 0) is 13.0 Å². The van der Waals surface area contributed by atoms with Crippen molar-refractivity contribution in [1.29, 1.82) is 5.26 Å². The van der Waals surface area contributed by atoms with E-state index in [2.05, 4.69) is 40.1 Å². The zero-order valence-corrected chi connectivity index (χ0v) is 14.7. The van der Waals surface area contributed by atoms with Gasteiger partial charge in [-0.1, -0.05) is 19.1 Å². The molecule has 0 aliphatic heterocycles. The first kappa shape index (κ1) is 18.0. The Morgan fingerprint density at radius 1 is 1.38 bits per heavy atom. The van der Waals surface area contributed by atoms with Crippen molar-refractivity contribution in [3.63, 3.8) is 0 Å². The standard InChI is InChI=1S/C18H21FN4S/c1-13(8-16-4-3-7-24-16)11-22-18(21-2)23-12-15-6-5-14(10-20)9-17(15)19/h3-7,9,13H,8,11-12H2,1-2H3,(H2,21,22,23). The molecule has 0 saturated carbocycles. The smallest absolute Gasteiger partial charge is 0.191 e. The summed E-state index contributed by atoms with van der Waals surface area (Å²) >= 11 is 1.77. The van der Waals surface area contributed by atoms with Gasteiger partial charge in [0, 0.05) is 30.6 Å². The van der Waals surface area contributed by atoms with Crippen molar-refractivity contribution in [3.8, 4) is 6.07 Å². The van der Waals surface area contributed by atoms with E-state index in [4.69, 9.17) is 5.26 Å². The summed E-state index contributed by atoms with van der Waals surface area (Å²) in [6, 6.07) is 10.6. The predicted octanol–water partition coefficient (Wildman–Crippen LogP) is 3.30. The fourth-order valence-corrected chi connectivity index (χ4v) is 3.14. The van der Waals surface area contributed by atoms with Gasteiger partial charge in [0.05, 0.1) is 11.6 Å². The monoisotopic (exact) mass is 344 g/mol. The molecular weight excluding hydrogens is 323 g/mol. The highest BCUT2D eigenvalue weighted by molar-refractivity contribution is 7.09. The Hall–Kier alpha value is -2.39. The summed E-state index contributed by atoms with van der Waals surface area (Å²) in [7, 11) is 1.69. The number of halogens is 1. The van der Waals surface area contributed by atoms with E-state index in [9.17, 15) is 4.39 Å². The van der Waals surface area contributed by atoms with Crippen molar-refractivity contribution in [2.24, 2.45) is 10.9 Å². The molecule has 6 heteroatoms. The number of rotatable bonds is 6. The Bertz CT molecular complexity index is 719. The van der Waals surface area contributed by atoms with Crippen LogP contribution in [0.1, 0.15) is 22.9 Å². The Balaban J connectivity index is 1.81. The molecule has 1 aromatic heterocycles. The van der Waals surface area contributed by atoms with Crippen LogP contribution < -0.4 is 10.6 Å². The van der Waals surface area contributed by atoms with Crippen molar-refractivity contribution in [2.45, 2.75) is 19.9 Å². The molecule has 2 aromatic rings.